The molecule has 2 aliphatic carbocycles. The van der Waals surface area contributed by atoms with E-state index in [1.54, 1.807) is 6.07 Å². The zero-order valence-electron chi connectivity index (χ0n) is 12.6. The van der Waals surface area contributed by atoms with Crippen LogP contribution >= 0.6 is 0 Å². The molecule has 2 aliphatic rings. The van der Waals surface area contributed by atoms with Gasteiger partial charge in [0.25, 0.3) is 0 Å². The van der Waals surface area contributed by atoms with Crippen LogP contribution < -0.4 is 10.6 Å². The molecule has 0 heterocycles. The van der Waals surface area contributed by atoms with Crippen molar-refractivity contribution in [2.24, 2.45) is 17.8 Å². The molecule has 2 bridgehead atoms. The maximum atomic E-state index is 13.1. The minimum absolute atomic E-state index is 0.000981. The average Bonchev–Trinajstić information content (AvgIpc) is 3.09. The van der Waals surface area contributed by atoms with E-state index in [2.05, 4.69) is 10.6 Å². The van der Waals surface area contributed by atoms with Crippen molar-refractivity contribution in [1.82, 2.24) is 5.32 Å². The van der Waals surface area contributed by atoms with Gasteiger partial charge in [0, 0.05) is 11.7 Å². The third kappa shape index (κ3) is 3.13. The van der Waals surface area contributed by atoms with Crippen LogP contribution in [0.15, 0.2) is 24.3 Å². The zero-order valence-corrected chi connectivity index (χ0v) is 12.6. The second-order valence-electron chi connectivity index (χ2n) is 6.57. The number of amides is 2. The summed E-state index contributed by atoms with van der Waals surface area (Å²) in [6, 6.07) is 5.51. The fraction of sp³-hybridized carbons (Fsp3) is 0.529. The molecule has 1 aromatic rings. The highest BCUT2D eigenvalue weighted by Crippen LogP contribution is 2.49. The van der Waals surface area contributed by atoms with Crippen molar-refractivity contribution in [3.63, 3.8) is 0 Å². The van der Waals surface area contributed by atoms with E-state index in [9.17, 15) is 14.0 Å². The van der Waals surface area contributed by atoms with Gasteiger partial charge < -0.3 is 10.6 Å². The van der Waals surface area contributed by atoms with Crippen molar-refractivity contribution in [3.8, 4) is 0 Å². The number of halogens is 1. The molecule has 4 nitrogen and oxygen atoms in total. The third-order valence-electron chi connectivity index (χ3n) is 5.08. The average molecular weight is 304 g/mol. The SMILES string of the molecule is CC(NC(=O)C(=O)Nc1cccc(F)c1)C1CC2CCC1C2. The first-order chi connectivity index (χ1) is 10.5. The molecule has 0 saturated heterocycles. The van der Waals surface area contributed by atoms with E-state index in [1.807, 2.05) is 6.92 Å². The Kier molecular flexibility index (Phi) is 4.14. The number of hydrogen-bond donors (Lipinski definition) is 2. The number of benzene rings is 1. The van der Waals surface area contributed by atoms with Gasteiger partial charge in [0.1, 0.15) is 5.82 Å². The van der Waals surface area contributed by atoms with Crippen molar-refractivity contribution >= 4 is 17.5 Å². The number of anilines is 1. The Morgan fingerprint density at radius 2 is 2.05 bits per heavy atom. The van der Waals surface area contributed by atoms with Crippen LogP contribution in [0.1, 0.15) is 32.6 Å². The molecule has 2 amide bonds. The standard InChI is InChI=1S/C17H21FN2O2/c1-10(15-8-11-5-6-12(15)7-11)19-16(21)17(22)20-14-4-2-3-13(18)9-14/h2-4,9-12,15H,5-8H2,1H3,(H,19,21)(H,20,22). The van der Waals surface area contributed by atoms with Gasteiger partial charge in [-0.3, -0.25) is 9.59 Å². The van der Waals surface area contributed by atoms with Gasteiger partial charge in [0.2, 0.25) is 0 Å². The summed E-state index contributed by atoms with van der Waals surface area (Å²) in [6.07, 6.45) is 4.96. The molecule has 4 atom stereocenters. The van der Waals surface area contributed by atoms with Gasteiger partial charge in [-0.1, -0.05) is 12.5 Å². The highest BCUT2D eigenvalue weighted by molar-refractivity contribution is 6.39. The molecule has 5 heteroatoms. The minimum Gasteiger partial charge on any atom is -0.345 e. The second kappa shape index (κ2) is 6.07. The first kappa shape index (κ1) is 15.0. The summed E-state index contributed by atoms with van der Waals surface area (Å²) < 4.78 is 13.1. The van der Waals surface area contributed by atoms with Crippen LogP contribution in [-0.4, -0.2) is 17.9 Å². The van der Waals surface area contributed by atoms with Crippen LogP contribution in [0.4, 0.5) is 10.1 Å². The van der Waals surface area contributed by atoms with E-state index in [4.69, 9.17) is 0 Å². The molecule has 2 saturated carbocycles. The molecule has 22 heavy (non-hydrogen) atoms. The lowest BCUT2D eigenvalue weighted by Gasteiger charge is -2.28. The van der Waals surface area contributed by atoms with Crippen molar-refractivity contribution in [3.05, 3.63) is 30.1 Å². The van der Waals surface area contributed by atoms with Crippen molar-refractivity contribution in [1.29, 1.82) is 0 Å². The molecule has 118 valence electrons. The van der Waals surface area contributed by atoms with E-state index < -0.39 is 17.6 Å². The summed E-state index contributed by atoms with van der Waals surface area (Å²) in [4.78, 5) is 23.9. The van der Waals surface area contributed by atoms with E-state index in [0.717, 1.165) is 12.3 Å². The Hall–Kier alpha value is -1.91. The number of hydrogen-bond acceptors (Lipinski definition) is 2. The second-order valence-corrected chi connectivity index (χ2v) is 6.57. The molecule has 0 aromatic heterocycles. The molecule has 2 fully saturated rings. The van der Waals surface area contributed by atoms with Crippen LogP contribution in [-0.2, 0) is 9.59 Å². The lowest BCUT2D eigenvalue weighted by Crippen LogP contribution is -2.45. The van der Waals surface area contributed by atoms with Gasteiger partial charge in [0.05, 0.1) is 0 Å². The third-order valence-corrected chi connectivity index (χ3v) is 5.08. The molecule has 1 aromatic carbocycles. The van der Waals surface area contributed by atoms with Gasteiger partial charge in [-0.05, 0) is 62.1 Å². The van der Waals surface area contributed by atoms with Crippen molar-refractivity contribution < 1.29 is 14.0 Å². The van der Waals surface area contributed by atoms with Gasteiger partial charge in [-0.2, -0.15) is 0 Å². The Labute approximate surface area is 129 Å². The molecule has 0 spiro atoms. The normalized spacial score (nSPS) is 27.5. The highest BCUT2D eigenvalue weighted by atomic mass is 19.1. The minimum atomic E-state index is -0.749. The maximum absolute atomic E-state index is 13.1. The van der Waals surface area contributed by atoms with E-state index >= 15 is 0 Å². The van der Waals surface area contributed by atoms with Gasteiger partial charge in [-0.25, -0.2) is 4.39 Å². The summed E-state index contributed by atoms with van der Waals surface area (Å²) in [7, 11) is 0. The van der Waals surface area contributed by atoms with Crippen LogP contribution in [0.3, 0.4) is 0 Å². The van der Waals surface area contributed by atoms with E-state index in [1.165, 1.54) is 37.5 Å². The van der Waals surface area contributed by atoms with Crippen LogP contribution in [0.5, 0.6) is 0 Å². The van der Waals surface area contributed by atoms with Crippen LogP contribution in [0.25, 0.3) is 0 Å². The monoisotopic (exact) mass is 304 g/mol. The Morgan fingerprint density at radius 3 is 2.68 bits per heavy atom. The zero-order chi connectivity index (χ0) is 15.7. The lowest BCUT2D eigenvalue weighted by molar-refractivity contribution is -0.136. The fourth-order valence-corrected chi connectivity index (χ4v) is 4.04. The van der Waals surface area contributed by atoms with Crippen molar-refractivity contribution in [2.45, 2.75) is 38.6 Å². The largest absolute Gasteiger partial charge is 0.345 e. The number of fused-ring (bicyclic) bond motifs is 2. The Morgan fingerprint density at radius 1 is 1.23 bits per heavy atom. The summed E-state index contributed by atoms with van der Waals surface area (Å²) >= 11 is 0. The number of carbonyl (C=O) groups excluding carboxylic acids is 2. The number of nitrogens with one attached hydrogen (secondary N) is 2. The maximum Gasteiger partial charge on any atom is 0.313 e. The highest BCUT2D eigenvalue weighted by Gasteiger charge is 2.42. The molecule has 2 N–H and O–H groups in total. The molecular weight excluding hydrogens is 283 g/mol. The van der Waals surface area contributed by atoms with Gasteiger partial charge in [0.15, 0.2) is 0 Å². The molecule has 0 radical (unpaired) electrons. The molecule has 0 aliphatic heterocycles. The molecule has 3 rings (SSSR count). The Balaban J connectivity index is 1.54. The quantitative estimate of drug-likeness (QED) is 0.844. The Bertz CT molecular complexity index is 590. The van der Waals surface area contributed by atoms with E-state index in [0.29, 0.717) is 11.8 Å². The summed E-state index contributed by atoms with van der Waals surface area (Å²) in [5, 5.41) is 5.22. The predicted molar refractivity (Wildman–Crippen MR) is 81.6 cm³/mol. The number of carbonyl (C=O) groups is 2. The summed E-state index contributed by atoms with van der Waals surface area (Å²) in [5.41, 5.74) is 0.285. The van der Waals surface area contributed by atoms with Crippen LogP contribution in [0.2, 0.25) is 0 Å². The first-order valence-corrected chi connectivity index (χ1v) is 7.90. The summed E-state index contributed by atoms with van der Waals surface area (Å²) in [5.74, 6) is 0.112. The van der Waals surface area contributed by atoms with Gasteiger partial charge in [-0.15, -0.1) is 0 Å². The van der Waals surface area contributed by atoms with Gasteiger partial charge >= 0.3 is 11.8 Å². The topological polar surface area (TPSA) is 58.2 Å². The smallest absolute Gasteiger partial charge is 0.313 e. The number of rotatable bonds is 3. The van der Waals surface area contributed by atoms with E-state index in [-0.39, 0.29) is 11.7 Å². The molecular formula is C17H21FN2O2. The van der Waals surface area contributed by atoms with Crippen molar-refractivity contribution in [2.75, 3.05) is 5.32 Å². The van der Waals surface area contributed by atoms with Crippen LogP contribution in [0, 0.1) is 23.6 Å². The predicted octanol–water partition coefficient (Wildman–Crippen LogP) is 2.71. The molecule has 4 unspecified atom stereocenters. The first-order valence-electron chi connectivity index (χ1n) is 7.90. The fourth-order valence-electron chi connectivity index (χ4n) is 4.04. The summed E-state index contributed by atoms with van der Waals surface area (Å²) in [6.45, 7) is 1.97. The lowest BCUT2D eigenvalue weighted by atomic mass is 9.84.